The molecule has 0 amide bonds. The second-order valence-corrected chi connectivity index (χ2v) is 7.07. The quantitative estimate of drug-likeness (QED) is 0.209. The third kappa shape index (κ3) is 19.1. The van der Waals surface area contributed by atoms with E-state index in [0.717, 1.165) is 38.8 Å². The van der Waals surface area contributed by atoms with E-state index in [1.165, 1.54) is 64.2 Å². The highest BCUT2D eigenvalue weighted by atomic mass is 16.4. The Morgan fingerprint density at radius 2 is 1.04 bits per heavy atom. The van der Waals surface area contributed by atoms with Gasteiger partial charge in [-0.3, -0.25) is 9.69 Å². The van der Waals surface area contributed by atoms with Gasteiger partial charge in [0.1, 0.15) is 0 Å². The van der Waals surface area contributed by atoms with E-state index in [0.29, 0.717) is 0 Å². The van der Waals surface area contributed by atoms with Gasteiger partial charge >= 0.3 is 5.97 Å². The highest BCUT2D eigenvalue weighted by Crippen LogP contribution is 2.10. The Balaban J connectivity index is 3.63. The van der Waals surface area contributed by atoms with Crippen LogP contribution < -0.4 is 0 Å². The van der Waals surface area contributed by atoms with E-state index in [4.69, 9.17) is 5.11 Å². The van der Waals surface area contributed by atoms with Gasteiger partial charge < -0.3 is 5.11 Å². The lowest BCUT2D eigenvalue weighted by Gasteiger charge is -2.20. The molecule has 0 unspecified atom stereocenters. The Morgan fingerprint density at radius 3 is 1.40 bits per heavy atom. The molecular weight excluding hydrogens is 310 g/mol. The lowest BCUT2D eigenvalue weighted by Crippen LogP contribution is -2.31. The van der Waals surface area contributed by atoms with Gasteiger partial charge in [0.05, 0.1) is 6.54 Å². The Labute approximate surface area is 156 Å². The fraction of sp³-hybridized carbons (Fsp3) is 0.773. The summed E-state index contributed by atoms with van der Waals surface area (Å²) in [6.45, 7) is 9.54. The molecule has 3 heteroatoms. The summed E-state index contributed by atoms with van der Waals surface area (Å²) < 4.78 is 0. The van der Waals surface area contributed by atoms with Gasteiger partial charge in [0, 0.05) is 0 Å². The van der Waals surface area contributed by atoms with Crippen LogP contribution in [0.5, 0.6) is 0 Å². The summed E-state index contributed by atoms with van der Waals surface area (Å²) in [4.78, 5) is 13.1. The summed E-state index contributed by atoms with van der Waals surface area (Å²) >= 11 is 0. The zero-order valence-electron chi connectivity index (χ0n) is 16.4. The molecule has 0 saturated heterocycles. The summed E-state index contributed by atoms with van der Waals surface area (Å²) in [6.07, 6.45) is 21.1. The molecule has 0 heterocycles. The van der Waals surface area contributed by atoms with E-state index in [2.05, 4.69) is 18.1 Å². The molecule has 0 aromatic heterocycles. The first-order valence-corrected chi connectivity index (χ1v) is 10.4. The Bertz CT molecular complexity index is 304. The van der Waals surface area contributed by atoms with Crippen LogP contribution in [0.2, 0.25) is 0 Å². The normalized spacial score (nSPS) is 10.9. The molecule has 1 N–H and O–H groups in total. The summed E-state index contributed by atoms with van der Waals surface area (Å²) in [5.41, 5.74) is 0. The molecular formula is C22H41NO2. The number of aliphatic carboxylic acids is 1. The van der Waals surface area contributed by atoms with Crippen LogP contribution in [0.4, 0.5) is 0 Å². The van der Waals surface area contributed by atoms with Crippen molar-refractivity contribution in [1.82, 2.24) is 4.90 Å². The van der Waals surface area contributed by atoms with E-state index < -0.39 is 5.97 Å². The van der Waals surface area contributed by atoms with Crippen LogP contribution in [0.25, 0.3) is 0 Å². The van der Waals surface area contributed by atoms with E-state index in [9.17, 15) is 4.79 Å². The van der Waals surface area contributed by atoms with E-state index in [1.54, 1.807) is 0 Å². The number of nitrogens with zero attached hydrogens (tertiary/aromatic N) is 1. The summed E-state index contributed by atoms with van der Waals surface area (Å²) in [7, 11) is 0. The van der Waals surface area contributed by atoms with Crippen LogP contribution in [0.15, 0.2) is 25.3 Å². The lowest BCUT2D eigenvalue weighted by atomic mass is 10.1. The second-order valence-electron chi connectivity index (χ2n) is 7.07. The molecule has 0 aromatic carbocycles. The van der Waals surface area contributed by atoms with E-state index >= 15 is 0 Å². The topological polar surface area (TPSA) is 40.5 Å². The summed E-state index contributed by atoms with van der Waals surface area (Å²) in [5, 5.41) is 9.07. The zero-order chi connectivity index (χ0) is 18.6. The van der Waals surface area contributed by atoms with Crippen molar-refractivity contribution >= 4 is 5.97 Å². The van der Waals surface area contributed by atoms with Crippen molar-refractivity contribution in [2.75, 3.05) is 19.6 Å². The van der Waals surface area contributed by atoms with Crippen LogP contribution in [0, 0.1) is 0 Å². The third-order valence-corrected chi connectivity index (χ3v) is 4.62. The number of carbonyl (C=O) groups is 1. The molecule has 0 rings (SSSR count). The molecule has 3 nitrogen and oxygen atoms in total. The molecule has 0 aliphatic heterocycles. The smallest absolute Gasteiger partial charge is 0.317 e. The zero-order valence-corrected chi connectivity index (χ0v) is 16.4. The maximum absolute atomic E-state index is 11.0. The van der Waals surface area contributed by atoms with Crippen LogP contribution in [0.1, 0.15) is 89.9 Å². The van der Waals surface area contributed by atoms with Crippen LogP contribution in [-0.4, -0.2) is 35.6 Å². The monoisotopic (exact) mass is 351 g/mol. The number of rotatable bonds is 20. The average molecular weight is 352 g/mol. The molecule has 0 aromatic rings. The molecule has 0 spiro atoms. The van der Waals surface area contributed by atoms with Crippen LogP contribution >= 0.6 is 0 Å². The highest BCUT2D eigenvalue weighted by Gasteiger charge is 2.08. The first kappa shape index (κ1) is 23.9. The Hall–Kier alpha value is -1.09. The third-order valence-electron chi connectivity index (χ3n) is 4.62. The summed E-state index contributed by atoms with van der Waals surface area (Å²) in [5.74, 6) is -0.700. The largest absolute Gasteiger partial charge is 0.480 e. The average Bonchev–Trinajstić information content (AvgIpc) is 2.58. The van der Waals surface area contributed by atoms with Gasteiger partial charge in [-0.05, 0) is 51.6 Å². The molecule has 0 aliphatic carbocycles. The van der Waals surface area contributed by atoms with Crippen molar-refractivity contribution in [3.63, 3.8) is 0 Å². The van der Waals surface area contributed by atoms with Gasteiger partial charge in [0.15, 0.2) is 0 Å². The predicted molar refractivity (Wildman–Crippen MR) is 109 cm³/mol. The first-order chi connectivity index (χ1) is 12.2. The minimum Gasteiger partial charge on any atom is -0.480 e. The van der Waals surface area contributed by atoms with Gasteiger partial charge in [-0.2, -0.15) is 0 Å². The van der Waals surface area contributed by atoms with E-state index in [-0.39, 0.29) is 6.54 Å². The molecule has 0 atom stereocenters. The van der Waals surface area contributed by atoms with E-state index in [1.807, 2.05) is 12.2 Å². The van der Waals surface area contributed by atoms with Crippen molar-refractivity contribution in [3.05, 3.63) is 25.3 Å². The maximum Gasteiger partial charge on any atom is 0.317 e. The van der Waals surface area contributed by atoms with Crippen molar-refractivity contribution < 1.29 is 9.90 Å². The van der Waals surface area contributed by atoms with Gasteiger partial charge in [-0.1, -0.05) is 63.5 Å². The number of unbranched alkanes of at least 4 members (excludes halogenated alkanes) is 12. The number of hydrogen-bond acceptors (Lipinski definition) is 2. The molecule has 0 fully saturated rings. The summed E-state index contributed by atoms with van der Waals surface area (Å²) in [6, 6.07) is 0. The fourth-order valence-corrected chi connectivity index (χ4v) is 3.12. The SMILES string of the molecule is C=CCCCCCCCCN(CCCCCCCCC=C)CC(=O)O. The van der Waals surface area contributed by atoms with Gasteiger partial charge in [-0.15, -0.1) is 13.2 Å². The van der Waals surface area contributed by atoms with Gasteiger partial charge in [-0.25, -0.2) is 0 Å². The standard InChI is InChI=1S/C22H41NO2/c1-3-5-7-9-11-13-15-17-19-23(21-22(24)25)20-18-16-14-12-10-8-6-4-2/h3-4H,1-2,5-21H2,(H,24,25). The fourth-order valence-electron chi connectivity index (χ4n) is 3.12. The van der Waals surface area contributed by atoms with Crippen LogP contribution in [0.3, 0.4) is 0 Å². The van der Waals surface area contributed by atoms with Crippen LogP contribution in [-0.2, 0) is 4.79 Å². The molecule has 25 heavy (non-hydrogen) atoms. The minimum absolute atomic E-state index is 0.193. The maximum atomic E-state index is 11.0. The highest BCUT2D eigenvalue weighted by molar-refractivity contribution is 5.69. The van der Waals surface area contributed by atoms with Crippen molar-refractivity contribution in [2.45, 2.75) is 89.9 Å². The molecule has 0 radical (unpaired) electrons. The Morgan fingerprint density at radius 1 is 0.680 bits per heavy atom. The van der Waals surface area contributed by atoms with Crippen molar-refractivity contribution in [3.8, 4) is 0 Å². The number of hydrogen-bond donors (Lipinski definition) is 1. The Kier molecular flexibility index (Phi) is 18.4. The number of allylic oxidation sites excluding steroid dienone is 2. The first-order valence-electron chi connectivity index (χ1n) is 10.4. The second kappa shape index (κ2) is 19.2. The number of carboxylic acid groups (broad SMARTS) is 1. The number of carboxylic acids is 1. The molecule has 0 bridgehead atoms. The van der Waals surface area contributed by atoms with Gasteiger partial charge in [0.25, 0.3) is 0 Å². The van der Waals surface area contributed by atoms with Gasteiger partial charge in [0.2, 0.25) is 0 Å². The lowest BCUT2D eigenvalue weighted by molar-refractivity contribution is -0.138. The molecule has 146 valence electrons. The minimum atomic E-state index is -0.700. The molecule has 0 saturated carbocycles. The van der Waals surface area contributed by atoms with Crippen molar-refractivity contribution in [2.24, 2.45) is 0 Å². The molecule has 0 aliphatic rings. The van der Waals surface area contributed by atoms with Crippen molar-refractivity contribution in [1.29, 1.82) is 0 Å². The predicted octanol–water partition coefficient (Wildman–Crippen LogP) is 6.21.